The highest BCUT2D eigenvalue weighted by Crippen LogP contribution is 2.24. The van der Waals surface area contributed by atoms with E-state index in [2.05, 4.69) is 0 Å². The summed E-state index contributed by atoms with van der Waals surface area (Å²) in [6.45, 7) is 0. The second kappa shape index (κ2) is 5.39. The molecule has 56 valence electrons. The molecule has 0 aliphatic heterocycles. The molecule has 1 aliphatic carbocycles. The Morgan fingerprint density at radius 3 is 2.00 bits per heavy atom. The third kappa shape index (κ3) is 3.33. The lowest BCUT2D eigenvalue weighted by atomic mass is 10.0. The number of hydrogen-bond donors (Lipinski definition) is 1. The summed E-state index contributed by atoms with van der Waals surface area (Å²) >= 11 is 1.55. The summed E-state index contributed by atoms with van der Waals surface area (Å²) in [5.41, 5.74) is 0. The minimum Gasteiger partial charge on any atom is -0.278 e. The first-order chi connectivity index (χ1) is 3.93. The van der Waals surface area contributed by atoms with Crippen LogP contribution in [0.5, 0.6) is 0 Å². The normalized spacial score (nSPS) is 21.0. The molecule has 1 rings (SSSR count). The van der Waals surface area contributed by atoms with E-state index in [0.29, 0.717) is 0 Å². The Hall–Kier alpha value is 0.600. The molecule has 0 bridgehead atoms. The summed E-state index contributed by atoms with van der Waals surface area (Å²) in [7, 11) is 0. The summed E-state index contributed by atoms with van der Waals surface area (Å²) in [5, 5.41) is 6.20. The van der Waals surface area contributed by atoms with Gasteiger partial charge in [0.1, 0.15) is 0 Å². The van der Waals surface area contributed by atoms with E-state index in [1.807, 2.05) is 0 Å². The highest BCUT2D eigenvalue weighted by Gasteiger charge is 2.10. The zero-order chi connectivity index (χ0) is 5.82. The summed E-state index contributed by atoms with van der Waals surface area (Å²) in [6, 6.07) is 0. The van der Waals surface area contributed by atoms with Crippen LogP contribution in [0, 0.1) is 0 Å². The van der Waals surface area contributed by atoms with Crippen LogP contribution in [0.2, 0.25) is 0 Å². The maximum absolute atomic E-state index is 5.42. The molecule has 0 aromatic carbocycles. The van der Waals surface area contributed by atoms with Crippen LogP contribution < -0.4 is 5.14 Å². The van der Waals surface area contributed by atoms with Gasteiger partial charge in [-0.05, 0) is 12.8 Å². The topological polar surface area (TPSA) is 26.0 Å². The van der Waals surface area contributed by atoms with Crippen molar-refractivity contribution >= 4 is 24.4 Å². The molecule has 1 aliphatic rings. The van der Waals surface area contributed by atoms with Crippen molar-refractivity contribution in [3.63, 3.8) is 0 Å². The van der Waals surface area contributed by atoms with Gasteiger partial charge in [-0.25, -0.2) is 0 Å². The minimum absolute atomic E-state index is 0. The van der Waals surface area contributed by atoms with Gasteiger partial charge in [0, 0.05) is 5.25 Å². The largest absolute Gasteiger partial charge is 0.278 e. The monoisotopic (exact) mass is 167 g/mol. The van der Waals surface area contributed by atoms with Gasteiger partial charge in [0.05, 0.1) is 0 Å². The number of nitrogens with two attached hydrogens (primary N) is 1. The lowest BCUT2D eigenvalue weighted by Crippen LogP contribution is -2.09. The molecule has 0 amide bonds. The Labute approximate surface area is 67.3 Å². The predicted octanol–water partition coefficient (Wildman–Crippen LogP) is 2.35. The Morgan fingerprint density at radius 2 is 1.67 bits per heavy atom. The third-order valence-corrected chi connectivity index (χ3v) is 2.60. The fraction of sp³-hybridized carbons (Fsp3) is 1.00. The molecule has 0 radical (unpaired) electrons. The first-order valence-electron chi connectivity index (χ1n) is 3.29. The fourth-order valence-electron chi connectivity index (χ4n) is 1.20. The van der Waals surface area contributed by atoms with Gasteiger partial charge in [0.15, 0.2) is 0 Å². The molecule has 2 N–H and O–H groups in total. The van der Waals surface area contributed by atoms with Crippen molar-refractivity contribution in [2.45, 2.75) is 37.4 Å². The molecule has 9 heavy (non-hydrogen) atoms. The van der Waals surface area contributed by atoms with Crippen LogP contribution in [0.15, 0.2) is 0 Å². The van der Waals surface area contributed by atoms with Crippen LogP contribution in [-0.4, -0.2) is 5.25 Å². The van der Waals surface area contributed by atoms with Gasteiger partial charge in [-0.1, -0.05) is 31.2 Å². The molecule has 1 nitrogen and oxygen atoms in total. The molecule has 0 heterocycles. The molecule has 0 saturated heterocycles. The summed E-state index contributed by atoms with van der Waals surface area (Å²) in [4.78, 5) is 0. The minimum atomic E-state index is 0. The standard InChI is InChI=1S/C6H13NS.ClH/c7-8-6-4-2-1-3-5-6;/h6H,1-5,7H2;1H. The van der Waals surface area contributed by atoms with Crippen molar-refractivity contribution in [1.29, 1.82) is 0 Å². The fourth-order valence-corrected chi connectivity index (χ4v) is 1.81. The number of halogens is 1. The molecule has 3 heteroatoms. The molecule has 0 spiro atoms. The van der Waals surface area contributed by atoms with E-state index in [-0.39, 0.29) is 12.4 Å². The zero-order valence-electron chi connectivity index (χ0n) is 5.51. The Kier molecular flexibility index (Phi) is 5.75. The lowest BCUT2D eigenvalue weighted by Gasteiger charge is -2.17. The van der Waals surface area contributed by atoms with E-state index >= 15 is 0 Å². The molecule has 1 saturated carbocycles. The smallest absolute Gasteiger partial charge is 0.0190 e. The predicted molar refractivity (Wildman–Crippen MR) is 45.9 cm³/mol. The van der Waals surface area contributed by atoms with Crippen molar-refractivity contribution in [2.24, 2.45) is 5.14 Å². The molecular weight excluding hydrogens is 154 g/mol. The van der Waals surface area contributed by atoms with Crippen molar-refractivity contribution in [1.82, 2.24) is 0 Å². The van der Waals surface area contributed by atoms with Gasteiger partial charge in [0.2, 0.25) is 0 Å². The van der Waals surface area contributed by atoms with E-state index in [4.69, 9.17) is 5.14 Å². The first kappa shape index (κ1) is 9.60. The van der Waals surface area contributed by atoms with Gasteiger partial charge in [-0.2, -0.15) is 0 Å². The Balaban J connectivity index is 0.000000640. The number of hydrogen-bond acceptors (Lipinski definition) is 2. The maximum Gasteiger partial charge on any atom is 0.0190 e. The summed E-state index contributed by atoms with van der Waals surface area (Å²) in [5.74, 6) is 0. The van der Waals surface area contributed by atoms with Gasteiger partial charge < -0.3 is 0 Å². The molecule has 0 aromatic heterocycles. The highest BCUT2D eigenvalue weighted by atomic mass is 35.5. The van der Waals surface area contributed by atoms with Gasteiger partial charge in [-0.3, -0.25) is 5.14 Å². The van der Waals surface area contributed by atoms with Crippen molar-refractivity contribution in [3.05, 3.63) is 0 Å². The lowest BCUT2D eigenvalue weighted by molar-refractivity contribution is 0.516. The highest BCUT2D eigenvalue weighted by molar-refractivity contribution is 7.97. The average Bonchev–Trinajstić information content (AvgIpc) is 1.90. The molecule has 0 aromatic rings. The number of rotatable bonds is 1. The van der Waals surface area contributed by atoms with Crippen LogP contribution in [0.1, 0.15) is 32.1 Å². The van der Waals surface area contributed by atoms with Gasteiger partial charge >= 0.3 is 0 Å². The second-order valence-electron chi connectivity index (χ2n) is 2.40. The Morgan fingerprint density at radius 1 is 1.11 bits per heavy atom. The summed E-state index contributed by atoms with van der Waals surface area (Å²) < 4.78 is 0. The van der Waals surface area contributed by atoms with Crippen molar-refractivity contribution < 1.29 is 0 Å². The molecule has 0 unspecified atom stereocenters. The van der Waals surface area contributed by atoms with Crippen LogP contribution in [0.4, 0.5) is 0 Å². The van der Waals surface area contributed by atoms with Crippen molar-refractivity contribution in [2.75, 3.05) is 0 Å². The van der Waals surface area contributed by atoms with E-state index < -0.39 is 0 Å². The van der Waals surface area contributed by atoms with Crippen LogP contribution >= 0.6 is 24.4 Å². The third-order valence-electron chi connectivity index (χ3n) is 1.74. The quantitative estimate of drug-likeness (QED) is 0.607. The van der Waals surface area contributed by atoms with Gasteiger partial charge in [0.25, 0.3) is 0 Å². The van der Waals surface area contributed by atoms with Crippen molar-refractivity contribution in [3.8, 4) is 0 Å². The van der Waals surface area contributed by atoms with E-state index in [1.54, 1.807) is 11.9 Å². The SMILES string of the molecule is Cl.NSC1CCCCC1. The maximum atomic E-state index is 5.42. The Bertz CT molecular complexity index is 64.1. The van der Waals surface area contributed by atoms with Crippen LogP contribution in [-0.2, 0) is 0 Å². The second-order valence-corrected chi connectivity index (χ2v) is 3.33. The van der Waals surface area contributed by atoms with Gasteiger partial charge in [-0.15, -0.1) is 12.4 Å². The van der Waals surface area contributed by atoms with E-state index in [0.717, 1.165) is 5.25 Å². The van der Waals surface area contributed by atoms with E-state index in [1.165, 1.54) is 32.1 Å². The average molecular weight is 168 g/mol. The zero-order valence-corrected chi connectivity index (χ0v) is 7.14. The molecule has 0 atom stereocenters. The first-order valence-corrected chi connectivity index (χ1v) is 4.23. The molecular formula is C6H14ClNS. The van der Waals surface area contributed by atoms with Crippen LogP contribution in [0.25, 0.3) is 0 Å². The molecule has 1 fully saturated rings. The summed E-state index contributed by atoms with van der Waals surface area (Å²) in [6.07, 6.45) is 6.92. The van der Waals surface area contributed by atoms with Crippen LogP contribution in [0.3, 0.4) is 0 Å². The van der Waals surface area contributed by atoms with E-state index in [9.17, 15) is 0 Å².